The van der Waals surface area contributed by atoms with Gasteiger partial charge >= 0.3 is 11.7 Å². The molecule has 1 amide bonds. The topological polar surface area (TPSA) is 90.5 Å². The molecule has 0 bridgehead atoms. The molecular formula is C19H16Cl2N2O5. The van der Waals surface area contributed by atoms with Crippen molar-refractivity contribution in [1.29, 1.82) is 0 Å². The molecule has 0 aliphatic carbocycles. The number of hydrogen-bond donors (Lipinski definition) is 1. The minimum absolute atomic E-state index is 0.0996. The highest BCUT2D eigenvalue weighted by Gasteiger charge is 2.13. The number of esters is 1. The summed E-state index contributed by atoms with van der Waals surface area (Å²) in [6, 6.07) is 11.5. The average molecular weight is 423 g/mol. The van der Waals surface area contributed by atoms with Gasteiger partial charge in [0.25, 0.3) is 5.91 Å². The number of fused-ring (bicyclic) bond motifs is 1. The molecule has 0 radical (unpaired) electrons. The van der Waals surface area contributed by atoms with Crippen LogP contribution in [-0.4, -0.2) is 29.6 Å². The molecule has 146 valence electrons. The number of amides is 1. The first-order valence-electron chi connectivity index (χ1n) is 8.43. The molecule has 28 heavy (non-hydrogen) atoms. The standard InChI is InChI=1S/C19H16Cl2N2O5/c20-12-6-7-13(14(21)10-12)18(25)22-11-17(24)27-9-3-8-23-15-4-1-2-5-16(15)28-19(23)26/h1-2,4-7,10H,3,8-9,11H2,(H,22,25). The zero-order valence-electron chi connectivity index (χ0n) is 14.6. The normalized spacial score (nSPS) is 10.8. The third kappa shape index (κ3) is 4.74. The zero-order valence-corrected chi connectivity index (χ0v) is 16.1. The maximum atomic E-state index is 12.0. The van der Waals surface area contributed by atoms with Gasteiger partial charge < -0.3 is 14.5 Å². The van der Waals surface area contributed by atoms with Crippen LogP contribution >= 0.6 is 23.2 Å². The van der Waals surface area contributed by atoms with Crippen molar-refractivity contribution in [2.75, 3.05) is 13.2 Å². The number of rotatable bonds is 7. The molecule has 0 aliphatic heterocycles. The summed E-state index contributed by atoms with van der Waals surface area (Å²) < 4.78 is 11.7. The fourth-order valence-corrected chi connectivity index (χ4v) is 3.10. The van der Waals surface area contributed by atoms with E-state index in [0.29, 0.717) is 29.1 Å². The molecule has 0 saturated carbocycles. The predicted octanol–water partition coefficient (Wildman–Crippen LogP) is 3.26. The Balaban J connectivity index is 1.44. The van der Waals surface area contributed by atoms with Crippen LogP contribution in [0.3, 0.4) is 0 Å². The van der Waals surface area contributed by atoms with Gasteiger partial charge in [0.05, 0.1) is 22.7 Å². The summed E-state index contributed by atoms with van der Waals surface area (Å²) in [4.78, 5) is 35.7. The lowest BCUT2D eigenvalue weighted by Gasteiger charge is -2.08. The summed E-state index contributed by atoms with van der Waals surface area (Å²) in [6.07, 6.45) is 0.423. The third-order valence-corrected chi connectivity index (χ3v) is 4.48. The number of para-hydroxylation sites is 2. The number of benzene rings is 2. The van der Waals surface area contributed by atoms with Gasteiger partial charge in [-0.2, -0.15) is 0 Å². The molecular weight excluding hydrogens is 407 g/mol. The Labute approximate surface area is 169 Å². The Morgan fingerprint density at radius 3 is 2.71 bits per heavy atom. The van der Waals surface area contributed by atoms with Gasteiger partial charge in [0, 0.05) is 11.6 Å². The van der Waals surface area contributed by atoms with E-state index in [9.17, 15) is 14.4 Å². The second-order valence-corrected chi connectivity index (χ2v) is 6.71. The van der Waals surface area contributed by atoms with Crippen molar-refractivity contribution in [2.45, 2.75) is 13.0 Å². The van der Waals surface area contributed by atoms with E-state index < -0.39 is 17.6 Å². The van der Waals surface area contributed by atoms with E-state index in [-0.39, 0.29) is 23.7 Å². The molecule has 9 heteroatoms. The van der Waals surface area contributed by atoms with Crippen LogP contribution in [-0.2, 0) is 16.1 Å². The predicted molar refractivity (Wildman–Crippen MR) is 105 cm³/mol. The number of halogens is 2. The number of oxazole rings is 1. The van der Waals surface area contributed by atoms with E-state index in [0.717, 1.165) is 0 Å². The molecule has 0 unspecified atom stereocenters. The summed E-state index contributed by atoms with van der Waals surface area (Å²) in [5.74, 6) is -1.56. The Morgan fingerprint density at radius 1 is 1.14 bits per heavy atom. The number of carbonyl (C=O) groups is 2. The molecule has 1 N–H and O–H groups in total. The molecule has 3 rings (SSSR count). The molecule has 0 saturated heterocycles. The van der Waals surface area contributed by atoms with Crippen LogP contribution in [0.25, 0.3) is 11.1 Å². The quantitative estimate of drug-likeness (QED) is 0.466. The maximum Gasteiger partial charge on any atom is 0.419 e. The third-order valence-electron chi connectivity index (χ3n) is 3.93. The number of nitrogens with zero attached hydrogens (tertiary/aromatic N) is 1. The summed E-state index contributed by atoms with van der Waals surface area (Å²) in [5, 5.41) is 3.03. The van der Waals surface area contributed by atoms with E-state index in [1.165, 1.54) is 22.8 Å². The van der Waals surface area contributed by atoms with Gasteiger partial charge in [-0.3, -0.25) is 14.2 Å². The summed E-state index contributed by atoms with van der Waals surface area (Å²) >= 11 is 11.7. The van der Waals surface area contributed by atoms with E-state index in [1.807, 2.05) is 6.07 Å². The van der Waals surface area contributed by atoms with Crippen LogP contribution < -0.4 is 11.1 Å². The zero-order chi connectivity index (χ0) is 20.1. The molecule has 3 aromatic rings. The van der Waals surface area contributed by atoms with Crippen molar-refractivity contribution in [2.24, 2.45) is 0 Å². The van der Waals surface area contributed by atoms with Gasteiger partial charge in [-0.15, -0.1) is 0 Å². The molecule has 1 heterocycles. The minimum atomic E-state index is -0.595. The molecule has 0 aliphatic rings. The van der Waals surface area contributed by atoms with Gasteiger partial charge in [0.15, 0.2) is 5.58 Å². The van der Waals surface area contributed by atoms with Crippen molar-refractivity contribution in [3.05, 3.63) is 68.6 Å². The van der Waals surface area contributed by atoms with Crippen molar-refractivity contribution < 1.29 is 18.7 Å². The van der Waals surface area contributed by atoms with E-state index in [4.69, 9.17) is 32.4 Å². The van der Waals surface area contributed by atoms with Crippen LogP contribution in [0.15, 0.2) is 51.7 Å². The molecule has 7 nitrogen and oxygen atoms in total. The van der Waals surface area contributed by atoms with Crippen molar-refractivity contribution in [3.63, 3.8) is 0 Å². The number of nitrogens with one attached hydrogen (secondary N) is 1. The second-order valence-electron chi connectivity index (χ2n) is 5.87. The number of hydrogen-bond acceptors (Lipinski definition) is 5. The van der Waals surface area contributed by atoms with Gasteiger partial charge in [-0.25, -0.2) is 4.79 Å². The molecule has 1 aromatic heterocycles. The van der Waals surface area contributed by atoms with Crippen LogP contribution in [0.2, 0.25) is 10.0 Å². The van der Waals surface area contributed by atoms with Crippen molar-refractivity contribution in [1.82, 2.24) is 9.88 Å². The molecule has 0 fully saturated rings. The van der Waals surface area contributed by atoms with Gasteiger partial charge in [0.1, 0.15) is 6.54 Å². The Hall–Kier alpha value is -2.77. The Kier molecular flexibility index (Phi) is 6.38. The number of carbonyl (C=O) groups excluding carboxylic acids is 2. The highest BCUT2D eigenvalue weighted by molar-refractivity contribution is 6.36. The first-order valence-corrected chi connectivity index (χ1v) is 9.18. The Morgan fingerprint density at radius 2 is 1.93 bits per heavy atom. The highest BCUT2D eigenvalue weighted by atomic mass is 35.5. The molecule has 0 spiro atoms. The van der Waals surface area contributed by atoms with Gasteiger partial charge in [-0.1, -0.05) is 35.3 Å². The highest BCUT2D eigenvalue weighted by Crippen LogP contribution is 2.20. The van der Waals surface area contributed by atoms with Gasteiger partial charge in [0.2, 0.25) is 0 Å². The number of aromatic nitrogens is 1. The Bertz CT molecular complexity index is 1070. The summed E-state index contributed by atoms with van der Waals surface area (Å²) in [6.45, 7) is 0.143. The number of aryl methyl sites for hydroxylation is 1. The van der Waals surface area contributed by atoms with Crippen LogP contribution in [0.4, 0.5) is 0 Å². The van der Waals surface area contributed by atoms with Crippen LogP contribution in [0, 0.1) is 0 Å². The lowest BCUT2D eigenvalue weighted by molar-refractivity contribution is -0.142. The lowest BCUT2D eigenvalue weighted by atomic mass is 10.2. The lowest BCUT2D eigenvalue weighted by Crippen LogP contribution is -2.31. The van der Waals surface area contributed by atoms with Crippen molar-refractivity contribution >= 4 is 46.2 Å². The molecule has 2 aromatic carbocycles. The smallest absolute Gasteiger partial charge is 0.419 e. The van der Waals surface area contributed by atoms with Crippen molar-refractivity contribution in [3.8, 4) is 0 Å². The SMILES string of the molecule is O=C(CNC(=O)c1ccc(Cl)cc1Cl)OCCCn1c(=O)oc2ccccc21. The average Bonchev–Trinajstić information content (AvgIpc) is 2.98. The minimum Gasteiger partial charge on any atom is -0.464 e. The number of ether oxygens (including phenoxy) is 1. The maximum absolute atomic E-state index is 12.0. The van der Waals surface area contributed by atoms with Crippen LogP contribution in [0.1, 0.15) is 16.8 Å². The first kappa shape index (κ1) is 20.0. The summed E-state index contributed by atoms with van der Waals surface area (Å²) in [7, 11) is 0. The molecule has 0 atom stereocenters. The van der Waals surface area contributed by atoms with E-state index >= 15 is 0 Å². The fourth-order valence-electron chi connectivity index (χ4n) is 2.61. The first-order chi connectivity index (χ1) is 13.5. The second kappa shape index (κ2) is 8.95. The van der Waals surface area contributed by atoms with E-state index in [2.05, 4.69) is 5.32 Å². The van der Waals surface area contributed by atoms with Crippen LogP contribution in [0.5, 0.6) is 0 Å². The van der Waals surface area contributed by atoms with Gasteiger partial charge in [-0.05, 0) is 36.8 Å². The summed E-state index contributed by atoms with van der Waals surface area (Å²) in [5.41, 5.74) is 1.41. The van der Waals surface area contributed by atoms with E-state index in [1.54, 1.807) is 18.2 Å². The largest absolute Gasteiger partial charge is 0.464 e. The monoisotopic (exact) mass is 422 g/mol. The fraction of sp³-hybridized carbons (Fsp3) is 0.211.